The van der Waals surface area contributed by atoms with Gasteiger partial charge in [-0.1, -0.05) is 59.6 Å². The van der Waals surface area contributed by atoms with Crippen LogP contribution in [0.15, 0.2) is 77.7 Å². The molecule has 1 aliphatic carbocycles. The second kappa shape index (κ2) is 13.8. The van der Waals surface area contributed by atoms with Crippen LogP contribution in [0.2, 0.25) is 10.0 Å². The number of nitrogens with one attached hydrogen (secondary N) is 2. The molecule has 2 N–H and O–H groups in total. The third-order valence-electron chi connectivity index (χ3n) is 6.91. The molecule has 1 aliphatic rings. The molecule has 1 aromatic heterocycles. The van der Waals surface area contributed by atoms with Crippen LogP contribution in [0.4, 0.5) is 10.7 Å². The molecule has 0 spiro atoms. The van der Waals surface area contributed by atoms with E-state index >= 15 is 0 Å². The van der Waals surface area contributed by atoms with Gasteiger partial charge in [0.25, 0.3) is 5.91 Å². The maximum Gasteiger partial charge on any atom is 0.341 e. The zero-order valence-electron chi connectivity index (χ0n) is 22.7. The first kappa shape index (κ1) is 30.2. The maximum absolute atomic E-state index is 13.1. The predicted molar refractivity (Wildman–Crippen MR) is 172 cm³/mol. The van der Waals surface area contributed by atoms with Gasteiger partial charge in [0.15, 0.2) is 0 Å². The molecule has 5 rings (SSSR count). The number of benzene rings is 3. The summed E-state index contributed by atoms with van der Waals surface area (Å²) in [6.45, 7) is 2.04. The minimum Gasteiger partial charge on any atom is -0.462 e. The van der Waals surface area contributed by atoms with E-state index in [0.29, 0.717) is 32.8 Å². The van der Waals surface area contributed by atoms with Crippen LogP contribution in [0.5, 0.6) is 0 Å². The molecule has 0 fully saturated rings. The first-order valence-electron chi connectivity index (χ1n) is 13.5. The average molecular weight is 640 g/mol. The van der Waals surface area contributed by atoms with Crippen LogP contribution >= 0.6 is 46.3 Å². The van der Waals surface area contributed by atoms with Crippen molar-refractivity contribution >= 4 is 74.8 Å². The Labute approximate surface area is 262 Å². The Balaban J connectivity index is 1.25. The lowest BCUT2D eigenvalue weighted by atomic mass is 9.83. The number of esters is 1. The summed E-state index contributed by atoms with van der Waals surface area (Å²) in [5.41, 5.74) is 3.63. The zero-order valence-corrected chi connectivity index (χ0v) is 25.9. The summed E-state index contributed by atoms with van der Waals surface area (Å²) in [6, 6.07) is 22.3. The Kier molecular flexibility index (Phi) is 9.90. The van der Waals surface area contributed by atoms with Crippen molar-refractivity contribution in [2.45, 2.75) is 37.0 Å². The second-order valence-corrected chi connectivity index (χ2v) is 12.7. The summed E-state index contributed by atoms with van der Waals surface area (Å²) in [6.07, 6.45) is 2.51. The van der Waals surface area contributed by atoms with E-state index in [1.165, 1.54) is 34.7 Å². The Morgan fingerprint density at radius 3 is 2.57 bits per heavy atom. The molecular formula is C32H28Cl2N2O4S2. The molecule has 42 heavy (non-hydrogen) atoms. The lowest BCUT2D eigenvalue weighted by Crippen LogP contribution is -2.18. The van der Waals surface area contributed by atoms with Gasteiger partial charge < -0.3 is 15.4 Å². The highest BCUT2D eigenvalue weighted by Crippen LogP contribution is 2.43. The molecule has 4 aromatic rings. The highest BCUT2D eigenvalue weighted by atomic mass is 35.5. The van der Waals surface area contributed by atoms with E-state index < -0.39 is 5.97 Å². The van der Waals surface area contributed by atoms with E-state index in [1.807, 2.05) is 24.3 Å². The lowest BCUT2D eigenvalue weighted by Gasteiger charge is -2.23. The van der Waals surface area contributed by atoms with Crippen molar-refractivity contribution in [1.29, 1.82) is 0 Å². The molecule has 1 unspecified atom stereocenters. The largest absolute Gasteiger partial charge is 0.462 e. The number of carbonyl (C=O) groups excluding carboxylic acids is 3. The van der Waals surface area contributed by atoms with Crippen molar-refractivity contribution in [2.75, 3.05) is 23.0 Å². The lowest BCUT2D eigenvalue weighted by molar-refractivity contribution is -0.113. The first-order valence-corrected chi connectivity index (χ1v) is 16.0. The molecule has 0 saturated heterocycles. The smallest absolute Gasteiger partial charge is 0.341 e. The molecule has 3 aromatic carbocycles. The predicted octanol–water partition coefficient (Wildman–Crippen LogP) is 8.49. The van der Waals surface area contributed by atoms with Crippen molar-refractivity contribution in [1.82, 2.24) is 0 Å². The van der Waals surface area contributed by atoms with E-state index in [4.69, 9.17) is 27.9 Å². The summed E-state index contributed by atoms with van der Waals surface area (Å²) in [4.78, 5) is 40.6. The highest BCUT2D eigenvalue weighted by molar-refractivity contribution is 8.00. The number of hydrogen-bond acceptors (Lipinski definition) is 6. The van der Waals surface area contributed by atoms with Gasteiger partial charge in [0, 0.05) is 20.5 Å². The number of carbonyl (C=O) groups is 3. The van der Waals surface area contributed by atoms with Gasteiger partial charge in [-0.25, -0.2) is 4.79 Å². The monoisotopic (exact) mass is 638 g/mol. The van der Waals surface area contributed by atoms with Gasteiger partial charge in [-0.2, -0.15) is 0 Å². The van der Waals surface area contributed by atoms with Gasteiger partial charge in [-0.3, -0.25) is 9.59 Å². The number of thioether (sulfide) groups is 1. The quantitative estimate of drug-likeness (QED) is 0.142. The van der Waals surface area contributed by atoms with E-state index in [2.05, 4.69) is 22.8 Å². The number of ether oxygens (including phenoxy) is 1. The van der Waals surface area contributed by atoms with Crippen LogP contribution in [0.3, 0.4) is 0 Å². The molecule has 10 heteroatoms. The first-order chi connectivity index (χ1) is 20.3. The molecule has 2 amide bonds. The van der Waals surface area contributed by atoms with E-state index in [0.717, 1.165) is 34.6 Å². The van der Waals surface area contributed by atoms with Crippen LogP contribution in [-0.2, 0) is 22.4 Å². The summed E-state index contributed by atoms with van der Waals surface area (Å²) in [7, 11) is 0. The minimum atomic E-state index is -0.402. The number of fused-ring (bicyclic) bond motifs is 1. The number of anilines is 2. The Bertz CT molecular complexity index is 1620. The number of hydrogen-bond donors (Lipinski definition) is 2. The van der Waals surface area contributed by atoms with Crippen molar-refractivity contribution in [3.63, 3.8) is 0 Å². The molecule has 0 bridgehead atoms. The Hall–Kier alpha value is -3.30. The maximum atomic E-state index is 13.1. The topological polar surface area (TPSA) is 84.5 Å². The molecule has 0 radical (unpaired) electrons. The van der Waals surface area contributed by atoms with Gasteiger partial charge in [-0.05, 0) is 79.6 Å². The van der Waals surface area contributed by atoms with Crippen molar-refractivity contribution in [3.8, 4) is 0 Å². The molecule has 1 atom stereocenters. The van der Waals surface area contributed by atoms with E-state index in [-0.39, 0.29) is 29.2 Å². The fraction of sp³-hybridized carbons (Fsp3) is 0.219. The van der Waals surface area contributed by atoms with Gasteiger partial charge in [0.05, 0.1) is 28.5 Å². The van der Waals surface area contributed by atoms with Gasteiger partial charge in [0.1, 0.15) is 5.00 Å². The van der Waals surface area contributed by atoms with Crippen molar-refractivity contribution < 1.29 is 19.1 Å². The van der Waals surface area contributed by atoms with Crippen LogP contribution in [0.25, 0.3) is 0 Å². The highest BCUT2D eigenvalue weighted by Gasteiger charge is 2.31. The van der Waals surface area contributed by atoms with Gasteiger partial charge >= 0.3 is 5.97 Å². The number of amides is 2. The standard InChI is InChI=1S/C32H28Cl2N2O4S2/c1-2-40-32(39)29-25-13-11-20(19-7-4-3-5-8-19)15-27(25)42-31(29)36-28(37)18-41-23-10-6-9-22(17-23)35-30(38)24-14-12-21(33)16-26(24)34/h3-10,12,14,16-17,20H,2,11,13,15,18H2,1H3,(H,35,38)(H,36,37). The van der Waals surface area contributed by atoms with Crippen LogP contribution < -0.4 is 10.6 Å². The van der Waals surface area contributed by atoms with E-state index in [9.17, 15) is 14.4 Å². The summed E-state index contributed by atoms with van der Waals surface area (Å²) in [5, 5.41) is 7.05. The van der Waals surface area contributed by atoms with Gasteiger partial charge in [0.2, 0.25) is 5.91 Å². The average Bonchev–Trinajstić information content (AvgIpc) is 3.33. The summed E-state index contributed by atoms with van der Waals surface area (Å²) < 4.78 is 5.37. The SMILES string of the molecule is CCOC(=O)c1c(NC(=O)CSc2cccc(NC(=O)c3ccc(Cl)cc3Cl)c2)sc2c1CCC(c1ccccc1)C2. The number of rotatable bonds is 9. The second-order valence-electron chi connectivity index (χ2n) is 9.72. The molecular weight excluding hydrogens is 611 g/mol. The van der Waals surface area contributed by atoms with Crippen LogP contribution in [0.1, 0.15) is 56.0 Å². The number of halogens is 2. The molecule has 1 heterocycles. The Morgan fingerprint density at radius 1 is 1.00 bits per heavy atom. The molecule has 0 aliphatic heterocycles. The molecule has 6 nitrogen and oxygen atoms in total. The molecule has 216 valence electrons. The van der Waals surface area contributed by atoms with Crippen LogP contribution in [0, 0.1) is 0 Å². The summed E-state index contributed by atoms with van der Waals surface area (Å²) >= 11 is 14.9. The van der Waals surface area contributed by atoms with Crippen LogP contribution in [-0.4, -0.2) is 30.1 Å². The fourth-order valence-corrected chi connectivity index (χ4v) is 7.53. The zero-order chi connectivity index (χ0) is 29.6. The van der Waals surface area contributed by atoms with Crippen molar-refractivity contribution in [3.05, 3.63) is 110 Å². The minimum absolute atomic E-state index is 0.123. The summed E-state index contributed by atoms with van der Waals surface area (Å²) in [5.74, 6) is -0.501. The van der Waals surface area contributed by atoms with E-state index in [1.54, 1.807) is 37.3 Å². The number of thiophene rings is 1. The third kappa shape index (κ3) is 7.18. The van der Waals surface area contributed by atoms with Crippen molar-refractivity contribution in [2.24, 2.45) is 0 Å². The Morgan fingerprint density at radius 2 is 1.81 bits per heavy atom. The molecule has 0 saturated carbocycles. The van der Waals surface area contributed by atoms with Gasteiger partial charge in [-0.15, -0.1) is 23.1 Å². The normalized spacial score (nSPS) is 14.1. The third-order valence-corrected chi connectivity index (χ3v) is 9.62. The fourth-order valence-electron chi connectivity index (χ4n) is 4.95.